The van der Waals surface area contributed by atoms with Gasteiger partial charge in [0.2, 0.25) is 0 Å². The molecule has 4 amide bonds. The van der Waals surface area contributed by atoms with E-state index in [9.17, 15) is 24.0 Å². The highest BCUT2D eigenvalue weighted by atomic mass is 32.1. The van der Waals surface area contributed by atoms with Gasteiger partial charge < -0.3 is 35.1 Å². The molecule has 0 atom stereocenters. The van der Waals surface area contributed by atoms with Gasteiger partial charge in [-0.3, -0.25) is 24.5 Å². The summed E-state index contributed by atoms with van der Waals surface area (Å²) in [5.41, 5.74) is 1.89. The van der Waals surface area contributed by atoms with Crippen LogP contribution in [0.5, 0.6) is 0 Å². The summed E-state index contributed by atoms with van der Waals surface area (Å²) in [6.45, 7) is 5.58. The molecule has 4 aromatic rings. The number of benzene rings is 1. The van der Waals surface area contributed by atoms with Gasteiger partial charge in [0.25, 0.3) is 23.6 Å². The number of hydrogen-bond donors (Lipinski definition) is 5. The van der Waals surface area contributed by atoms with E-state index in [1.54, 1.807) is 35.6 Å². The summed E-state index contributed by atoms with van der Waals surface area (Å²) in [7, 11) is 7.27. The average molecular weight is 691 g/mol. The molecule has 4 rings (SSSR count). The number of carboxylic acid groups (broad SMARTS) is 1. The lowest BCUT2D eigenvalue weighted by atomic mass is 10.1. The molecule has 0 spiro atoms. The summed E-state index contributed by atoms with van der Waals surface area (Å²) in [6.07, 6.45) is 5.51. The minimum atomic E-state index is -1.09. The Morgan fingerprint density at radius 1 is 0.837 bits per heavy atom. The van der Waals surface area contributed by atoms with Gasteiger partial charge in [-0.25, -0.2) is 9.78 Å². The van der Waals surface area contributed by atoms with E-state index in [4.69, 9.17) is 5.11 Å². The number of anilines is 3. The zero-order valence-electron chi connectivity index (χ0n) is 28.4. The number of carboxylic acids is 1. The van der Waals surface area contributed by atoms with Crippen molar-refractivity contribution in [2.24, 2.45) is 20.0 Å². The monoisotopic (exact) mass is 690 g/mol. The largest absolute Gasteiger partial charge is 0.478 e. The fourth-order valence-corrected chi connectivity index (χ4v) is 5.86. The van der Waals surface area contributed by atoms with Gasteiger partial charge in [0.15, 0.2) is 5.13 Å². The maximum atomic E-state index is 13.3. The number of nitrogens with one attached hydrogen (secondary N) is 4. The van der Waals surface area contributed by atoms with Gasteiger partial charge in [0, 0.05) is 43.5 Å². The Balaban J connectivity index is 1.41. The summed E-state index contributed by atoms with van der Waals surface area (Å²) in [5.74, 6) is -2.32. The lowest BCUT2D eigenvalue weighted by Gasteiger charge is -2.10. The second-order valence-corrected chi connectivity index (χ2v) is 13.4. The number of thiazole rings is 1. The Kier molecular flexibility index (Phi) is 12.1. The number of nitrogens with zero attached hydrogens (tertiary/aromatic N) is 4. The van der Waals surface area contributed by atoms with Gasteiger partial charge in [-0.05, 0) is 82.2 Å². The van der Waals surface area contributed by atoms with Crippen molar-refractivity contribution in [2.75, 3.05) is 43.1 Å². The molecular formula is C34H42N8O6S. The van der Waals surface area contributed by atoms with Crippen molar-refractivity contribution in [1.82, 2.24) is 24.3 Å². The van der Waals surface area contributed by atoms with Crippen LogP contribution >= 0.6 is 11.3 Å². The lowest BCUT2D eigenvalue weighted by molar-refractivity contribution is 0.0695. The molecule has 49 heavy (non-hydrogen) atoms. The molecule has 0 saturated heterocycles. The average Bonchev–Trinajstić information content (AvgIpc) is 3.73. The SMILES string of the molecule is CC(C)CCc1sc(NC(=O)c2cc(NC(=O)c3cc(NC(=O)c4ccc(C(=O)O)cc4)cn3C)cn2C)nc1C(=O)NCCCN(C)C. The van der Waals surface area contributed by atoms with E-state index < -0.39 is 23.7 Å². The number of aromatic carboxylic acids is 1. The molecule has 5 N–H and O–H groups in total. The van der Waals surface area contributed by atoms with Gasteiger partial charge in [-0.1, -0.05) is 13.8 Å². The van der Waals surface area contributed by atoms with E-state index in [1.807, 2.05) is 19.0 Å². The fraction of sp³-hybridized carbons (Fsp3) is 0.353. The van der Waals surface area contributed by atoms with Crippen molar-refractivity contribution in [3.05, 3.63) is 81.9 Å². The predicted octanol–water partition coefficient (Wildman–Crippen LogP) is 4.55. The first kappa shape index (κ1) is 36.6. The molecule has 0 aliphatic rings. The van der Waals surface area contributed by atoms with Crippen LogP contribution in [0.25, 0.3) is 0 Å². The predicted molar refractivity (Wildman–Crippen MR) is 189 cm³/mol. The Morgan fingerprint density at radius 2 is 1.39 bits per heavy atom. The summed E-state index contributed by atoms with van der Waals surface area (Å²) in [6, 6.07) is 8.52. The molecule has 14 nitrogen and oxygen atoms in total. The van der Waals surface area contributed by atoms with E-state index >= 15 is 0 Å². The topological polar surface area (TPSA) is 180 Å². The third-order valence-corrected chi connectivity index (χ3v) is 8.56. The van der Waals surface area contributed by atoms with Gasteiger partial charge in [-0.15, -0.1) is 11.3 Å². The Bertz CT molecular complexity index is 1840. The van der Waals surface area contributed by atoms with Crippen LogP contribution < -0.4 is 21.3 Å². The third kappa shape index (κ3) is 9.87. The van der Waals surface area contributed by atoms with Gasteiger partial charge in [0.05, 0.1) is 16.9 Å². The molecule has 0 aliphatic heterocycles. The quantitative estimate of drug-likeness (QED) is 0.113. The third-order valence-electron chi connectivity index (χ3n) is 7.53. The molecule has 1 aromatic carbocycles. The van der Waals surface area contributed by atoms with E-state index in [1.165, 1.54) is 47.7 Å². The molecule has 3 aromatic heterocycles. The van der Waals surface area contributed by atoms with E-state index in [-0.39, 0.29) is 28.4 Å². The summed E-state index contributed by atoms with van der Waals surface area (Å²) in [4.78, 5) is 70.6. The first-order valence-electron chi connectivity index (χ1n) is 15.7. The van der Waals surface area contributed by atoms with Crippen molar-refractivity contribution < 1.29 is 29.1 Å². The van der Waals surface area contributed by atoms with Crippen LogP contribution in [-0.2, 0) is 20.5 Å². The molecule has 0 aliphatic carbocycles. The van der Waals surface area contributed by atoms with Crippen LogP contribution in [0.3, 0.4) is 0 Å². The highest BCUT2D eigenvalue weighted by molar-refractivity contribution is 7.16. The number of hydrogen-bond acceptors (Lipinski definition) is 8. The minimum Gasteiger partial charge on any atom is -0.478 e. The molecule has 0 bridgehead atoms. The molecule has 0 saturated carbocycles. The summed E-state index contributed by atoms with van der Waals surface area (Å²) >= 11 is 1.28. The molecule has 0 fully saturated rings. The van der Waals surface area contributed by atoms with E-state index in [2.05, 4.69) is 40.1 Å². The molecule has 0 radical (unpaired) electrons. The Morgan fingerprint density at radius 3 is 1.94 bits per heavy atom. The highest BCUT2D eigenvalue weighted by Gasteiger charge is 2.22. The minimum absolute atomic E-state index is 0.0615. The Labute approximate surface area is 288 Å². The van der Waals surface area contributed by atoms with Gasteiger partial charge in [0.1, 0.15) is 17.1 Å². The summed E-state index contributed by atoms with van der Waals surface area (Å²) in [5, 5.41) is 20.6. The molecule has 260 valence electrons. The van der Waals surface area contributed by atoms with E-state index in [0.29, 0.717) is 41.1 Å². The van der Waals surface area contributed by atoms with Crippen molar-refractivity contribution in [3.63, 3.8) is 0 Å². The van der Waals surface area contributed by atoms with Gasteiger partial charge in [-0.2, -0.15) is 0 Å². The molecule has 0 unspecified atom stereocenters. The number of aryl methyl sites for hydroxylation is 3. The normalized spacial score (nSPS) is 11.1. The lowest BCUT2D eigenvalue weighted by Crippen LogP contribution is -2.28. The Hall–Kier alpha value is -5.28. The maximum absolute atomic E-state index is 13.3. The highest BCUT2D eigenvalue weighted by Crippen LogP contribution is 2.27. The van der Waals surface area contributed by atoms with Crippen LogP contribution in [0, 0.1) is 5.92 Å². The first-order valence-corrected chi connectivity index (χ1v) is 16.6. The summed E-state index contributed by atoms with van der Waals surface area (Å²) < 4.78 is 3.12. The van der Waals surface area contributed by atoms with Crippen molar-refractivity contribution in [1.29, 1.82) is 0 Å². The first-order chi connectivity index (χ1) is 23.2. The van der Waals surface area contributed by atoms with Crippen LogP contribution in [0.4, 0.5) is 16.5 Å². The number of aromatic nitrogens is 3. The smallest absolute Gasteiger partial charge is 0.335 e. The molecular weight excluding hydrogens is 648 g/mol. The van der Waals surface area contributed by atoms with Crippen molar-refractivity contribution >= 4 is 57.4 Å². The van der Waals surface area contributed by atoms with Crippen LogP contribution in [0.1, 0.15) is 83.7 Å². The standard InChI is InChI=1S/C34H42N8O6S/c1-20(2)8-13-27-28(32(46)35-14-7-15-40(3)4)38-34(49-27)39-31(45)26-17-24(19-42(26)6)37-30(44)25-16-23(18-41(25)5)36-29(43)21-9-11-22(12-10-21)33(47)48/h9-12,16-20H,7-8,13-15H2,1-6H3,(H,35,46)(H,36,43)(H,37,44)(H,47,48)(H,38,39,45). The zero-order chi connectivity index (χ0) is 35.8. The van der Waals surface area contributed by atoms with Gasteiger partial charge >= 0.3 is 5.97 Å². The van der Waals surface area contributed by atoms with E-state index in [0.717, 1.165) is 24.3 Å². The fourth-order valence-electron chi connectivity index (χ4n) is 4.89. The second-order valence-electron chi connectivity index (χ2n) is 12.3. The van der Waals surface area contributed by atoms with Crippen LogP contribution in [0.2, 0.25) is 0 Å². The zero-order valence-corrected chi connectivity index (χ0v) is 29.2. The van der Waals surface area contributed by atoms with Crippen molar-refractivity contribution in [3.8, 4) is 0 Å². The number of rotatable bonds is 15. The van der Waals surface area contributed by atoms with Crippen LogP contribution in [0.15, 0.2) is 48.8 Å². The molecule has 3 heterocycles. The number of carbonyl (C=O) groups is 5. The van der Waals surface area contributed by atoms with Crippen LogP contribution in [-0.4, -0.2) is 80.9 Å². The molecule has 15 heteroatoms. The number of amides is 4. The second kappa shape index (κ2) is 16.2. The number of carbonyl (C=O) groups excluding carboxylic acids is 4. The van der Waals surface area contributed by atoms with Crippen molar-refractivity contribution in [2.45, 2.75) is 33.1 Å². The maximum Gasteiger partial charge on any atom is 0.335 e.